The van der Waals surface area contributed by atoms with E-state index >= 15 is 0 Å². The molecule has 1 fully saturated rings. The van der Waals surface area contributed by atoms with E-state index in [4.69, 9.17) is 16.3 Å². The Kier molecular flexibility index (Phi) is 4.70. The first-order valence-electron chi connectivity index (χ1n) is 6.80. The van der Waals surface area contributed by atoms with Gasteiger partial charge in [-0.25, -0.2) is 4.79 Å². The summed E-state index contributed by atoms with van der Waals surface area (Å²) in [4.78, 5) is 11.9. The molecule has 0 saturated heterocycles. The van der Waals surface area contributed by atoms with Crippen molar-refractivity contribution in [3.63, 3.8) is 0 Å². The van der Waals surface area contributed by atoms with Gasteiger partial charge in [-0.05, 0) is 55.9 Å². The minimum Gasteiger partial charge on any atom is -0.446 e. The van der Waals surface area contributed by atoms with Gasteiger partial charge in [-0.1, -0.05) is 24.9 Å². The lowest BCUT2D eigenvalue weighted by molar-refractivity contribution is 0.0524. The number of carbonyl (C=O) groups excluding carboxylic acids is 1. The van der Waals surface area contributed by atoms with Crippen molar-refractivity contribution in [3.05, 3.63) is 28.8 Å². The number of rotatable bonds is 2. The lowest BCUT2D eigenvalue weighted by atomic mass is 9.88. The molecule has 4 heteroatoms. The van der Waals surface area contributed by atoms with Gasteiger partial charge in [0.2, 0.25) is 0 Å². The number of carbonyl (C=O) groups is 1. The second-order valence-corrected chi connectivity index (χ2v) is 5.73. The molecule has 0 bridgehead atoms. The molecule has 1 amide bonds. The molecule has 104 valence electrons. The van der Waals surface area contributed by atoms with E-state index in [2.05, 4.69) is 12.2 Å². The maximum Gasteiger partial charge on any atom is 0.411 e. The third-order valence-corrected chi connectivity index (χ3v) is 3.95. The molecule has 0 heterocycles. The molecule has 0 spiro atoms. The number of ether oxygens (including phenoxy) is 1. The van der Waals surface area contributed by atoms with E-state index in [0.29, 0.717) is 10.9 Å². The fourth-order valence-electron chi connectivity index (χ4n) is 2.50. The van der Waals surface area contributed by atoms with Gasteiger partial charge in [0, 0.05) is 10.7 Å². The molecule has 19 heavy (non-hydrogen) atoms. The zero-order chi connectivity index (χ0) is 13.8. The number of hydrogen-bond acceptors (Lipinski definition) is 2. The molecule has 1 aromatic rings. The first-order valence-corrected chi connectivity index (χ1v) is 7.18. The maximum absolute atomic E-state index is 11.9. The monoisotopic (exact) mass is 281 g/mol. The molecule has 2 rings (SSSR count). The van der Waals surface area contributed by atoms with Crippen molar-refractivity contribution < 1.29 is 9.53 Å². The average molecular weight is 282 g/mol. The van der Waals surface area contributed by atoms with E-state index < -0.39 is 0 Å². The summed E-state index contributed by atoms with van der Waals surface area (Å²) in [6, 6.07) is 5.37. The fourth-order valence-corrected chi connectivity index (χ4v) is 2.73. The van der Waals surface area contributed by atoms with Gasteiger partial charge in [-0.15, -0.1) is 0 Å². The number of amides is 1. The van der Waals surface area contributed by atoms with Gasteiger partial charge in [-0.3, -0.25) is 5.32 Å². The minimum atomic E-state index is -0.371. The summed E-state index contributed by atoms with van der Waals surface area (Å²) in [7, 11) is 0. The Bertz CT molecular complexity index is 461. The molecule has 1 N–H and O–H groups in total. The number of hydrogen-bond donors (Lipinski definition) is 1. The SMILES string of the molecule is Cc1cc(Cl)ccc1NC(=O)O[C@@H]1CCCC[C@H]1C. The number of anilines is 1. The van der Waals surface area contributed by atoms with Crippen molar-refractivity contribution in [2.45, 2.75) is 45.6 Å². The van der Waals surface area contributed by atoms with Gasteiger partial charge < -0.3 is 4.74 Å². The Morgan fingerprint density at radius 2 is 2.11 bits per heavy atom. The van der Waals surface area contributed by atoms with E-state index in [1.165, 1.54) is 6.42 Å². The Morgan fingerprint density at radius 3 is 2.79 bits per heavy atom. The average Bonchev–Trinajstić information content (AvgIpc) is 2.36. The van der Waals surface area contributed by atoms with Crippen molar-refractivity contribution in [1.82, 2.24) is 0 Å². The Morgan fingerprint density at radius 1 is 1.37 bits per heavy atom. The van der Waals surface area contributed by atoms with Crippen molar-refractivity contribution in [2.75, 3.05) is 5.32 Å². The summed E-state index contributed by atoms with van der Waals surface area (Å²) < 4.78 is 5.51. The van der Waals surface area contributed by atoms with Crippen LogP contribution in [0.1, 0.15) is 38.2 Å². The Balaban J connectivity index is 1.93. The van der Waals surface area contributed by atoms with Crippen molar-refractivity contribution in [3.8, 4) is 0 Å². The van der Waals surface area contributed by atoms with Crippen LogP contribution in [-0.4, -0.2) is 12.2 Å². The molecule has 1 aliphatic carbocycles. The lowest BCUT2D eigenvalue weighted by Gasteiger charge is -2.28. The fraction of sp³-hybridized carbons (Fsp3) is 0.533. The highest BCUT2D eigenvalue weighted by molar-refractivity contribution is 6.30. The van der Waals surface area contributed by atoms with E-state index in [9.17, 15) is 4.79 Å². The van der Waals surface area contributed by atoms with Crippen LogP contribution in [0.15, 0.2) is 18.2 Å². The second-order valence-electron chi connectivity index (χ2n) is 5.29. The quantitative estimate of drug-likeness (QED) is 0.847. The zero-order valence-electron chi connectivity index (χ0n) is 11.4. The van der Waals surface area contributed by atoms with Gasteiger partial charge in [-0.2, -0.15) is 0 Å². The molecule has 3 nitrogen and oxygen atoms in total. The molecule has 2 atom stereocenters. The molecule has 0 radical (unpaired) electrons. The normalized spacial score (nSPS) is 22.9. The summed E-state index contributed by atoms with van der Waals surface area (Å²) in [5.41, 5.74) is 1.68. The predicted molar refractivity (Wildman–Crippen MR) is 77.7 cm³/mol. The van der Waals surface area contributed by atoms with Crippen LogP contribution in [-0.2, 0) is 4.74 Å². The van der Waals surface area contributed by atoms with Crippen LogP contribution in [0.3, 0.4) is 0 Å². The van der Waals surface area contributed by atoms with E-state index in [-0.39, 0.29) is 12.2 Å². The Hall–Kier alpha value is -1.22. The highest BCUT2D eigenvalue weighted by Gasteiger charge is 2.24. The first kappa shape index (κ1) is 14.2. The molecule has 0 aromatic heterocycles. The smallest absolute Gasteiger partial charge is 0.411 e. The molecule has 0 aliphatic heterocycles. The largest absolute Gasteiger partial charge is 0.446 e. The highest BCUT2D eigenvalue weighted by atomic mass is 35.5. The number of halogens is 1. The molecule has 1 aromatic carbocycles. The van der Waals surface area contributed by atoms with Gasteiger partial charge in [0.15, 0.2) is 0 Å². The first-order chi connectivity index (χ1) is 9.06. The van der Waals surface area contributed by atoms with Crippen LogP contribution in [0.2, 0.25) is 5.02 Å². The number of nitrogens with one attached hydrogen (secondary N) is 1. The molecular formula is C15H20ClNO2. The third-order valence-electron chi connectivity index (χ3n) is 3.72. The van der Waals surface area contributed by atoms with Gasteiger partial charge in [0.25, 0.3) is 0 Å². The molecular weight excluding hydrogens is 262 g/mol. The van der Waals surface area contributed by atoms with Crippen LogP contribution in [0.4, 0.5) is 10.5 Å². The standard InChI is InChI=1S/C15H20ClNO2/c1-10-5-3-4-6-14(10)19-15(18)17-13-8-7-12(16)9-11(13)2/h7-10,14H,3-6H2,1-2H3,(H,17,18)/t10-,14-/m1/s1. The second kappa shape index (κ2) is 6.29. The summed E-state index contributed by atoms with van der Waals surface area (Å²) in [5.74, 6) is 0.450. The molecule has 0 unspecified atom stereocenters. The predicted octanol–water partition coefficient (Wildman–Crippen LogP) is 4.78. The lowest BCUT2D eigenvalue weighted by Crippen LogP contribution is -2.30. The minimum absolute atomic E-state index is 0.0429. The molecule has 1 aliphatic rings. The van der Waals surface area contributed by atoms with Gasteiger partial charge in [0.05, 0.1) is 0 Å². The van der Waals surface area contributed by atoms with Gasteiger partial charge in [0.1, 0.15) is 6.10 Å². The van der Waals surface area contributed by atoms with Crippen molar-refractivity contribution in [2.24, 2.45) is 5.92 Å². The van der Waals surface area contributed by atoms with E-state index in [1.807, 2.05) is 13.0 Å². The van der Waals surface area contributed by atoms with Crippen LogP contribution in [0.25, 0.3) is 0 Å². The van der Waals surface area contributed by atoms with Crippen LogP contribution >= 0.6 is 11.6 Å². The van der Waals surface area contributed by atoms with Crippen molar-refractivity contribution >= 4 is 23.4 Å². The van der Waals surface area contributed by atoms with E-state index in [0.717, 1.165) is 30.5 Å². The number of aryl methyl sites for hydroxylation is 1. The molecule has 1 saturated carbocycles. The zero-order valence-corrected chi connectivity index (χ0v) is 12.2. The summed E-state index contributed by atoms with van der Waals surface area (Å²) in [5, 5.41) is 3.45. The highest BCUT2D eigenvalue weighted by Crippen LogP contribution is 2.27. The van der Waals surface area contributed by atoms with Gasteiger partial charge >= 0.3 is 6.09 Å². The topological polar surface area (TPSA) is 38.3 Å². The van der Waals surface area contributed by atoms with Crippen LogP contribution in [0.5, 0.6) is 0 Å². The summed E-state index contributed by atoms with van der Waals surface area (Å²) >= 11 is 5.88. The van der Waals surface area contributed by atoms with E-state index in [1.54, 1.807) is 12.1 Å². The summed E-state index contributed by atoms with van der Waals surface area (Å²) in [6.07, 6.45) is 4.15. The van der Waals surface area contributed by atoms with Crippen molar-refractivity contribution in [1.29, 1.82) is 0 Å². The Labute approximate surface area is 119 Å². The summed E-state index contributed by atoms with van der Waals surface area (Å²) in [6.45, 7) is 4.05. The maximum atomic E-state index is 11.9. The third kappa shape index (κ3) is 3.87. The van der Waals surface area contributed by atoms with Crippen LogP contribution in [0, 0.1) is 12.8 Å². The number of benzene rings is 1. The van der Waals surface area contributed by atoms with Crippen LogP contribution < -0.4 is 5.32 Å².